The number of benzene rings is 7. The molecule has 3 heterocycles. The summed E-state index contributed by atoms with van der Waals surface area (Å²) in [7, 11) is 0. The molecule has 0 radical (unpaired) electrons. The highest BCUT2D eigenvalue weighted by atomic mass is 32.1. The lowest BCUT2D eigenvalue weighted by molar-refractivity contribution is 0.660. The quantitative estimate of drug-likeness (QED) is 0.176. The predicted octanol–water partition coefficient (Wildman–Crippen LogP) is 13.7. The van der Waals surface area contributed by atoms with Gasteiger partial charge in [0.15, 0.2) is 11.6 Å². The zero-order valence-electron chi connectivity index (χ0n) is 40.7. The summed E-state index contributed by atoms with van der Waals surface area (Å²) in [5.41, 5.74) is -0.883. The fraction of sp³-hybridized carbons (Fsp3) is 0.0625. The average molecular weight is 741 g/mol. The second kappa shape index (κ2) is 11.9. The van der Waals surface area contributed by atoms with Gasteiger partial charge in [0.2, 0.25) is 5.95 Å². The Morgan fingerprint density at radius 2 is 1.15 bits per heavy atom. The molecule has 7 aromatic carbocycles. The zero-order chi connectivity index (χ0) is 46.4. The molecule has 1 aliphatic rings. The van der Waals surface area contributed by atoms with Crippen molar-refractivity contribution in [2.45, 2.75) is 19.3 Å². The van der Waals surface area contributed by atoms with Crippen LogP contribution >= 0.6 is 22.7 Å². The lowest BCUT2D eigenvalue weighted by atomic mass is 9.82. The first-order valence-electron chi connectivity index (χ1n) is 23.2. The fourth-order valence-corrected chi connectivity index (χ4v) is 9.72. The summed E-state index contributed by atoms with van der Waals surface area (Å²) in [5.74, 6) is -0.0359. The SMILES string of the molecule is [2H]c1c([2H])c([2H])c(N(c2nc(-c3ccc4c(c3)sc3ccccc34)nc(-c3ccc4sc5ccccc5c4c3)n2)c2c([2H])c([2H])c([2H])c3c2-c2c([2H])c([2H])c([2H])c([2H])c2C3(C)C)c([2H])c1[2H]. The summed E-state index contributed by atoms with van der Waals surface area (Å²) < 4.78 is 113. The minimum atomic E-state index is -1.34. The van der Waals surface area contributed by atoms with Crippen LogP contribution in [0.2, 0.25) is 0 Å². The molecule has 0 saturated carbocycles. The van der Waals surface area contributed by atoms with E-state index in [2.05, 4.69) is 6.07 Å². The number of fused-ring (bicyclic) bond motifs is 9. The van der Waals surface area contributed by atoms with Crippen molar-refractivity contribution in [1.82, 2.24) is 15.0 Å². The molecular formula is C48H32N4S2. The van der Waals surface area contributed by atoms with Gasteiger partial charge in [-0.3, -0.25) is 4.90 Å². The number of thiophene rings is 2. The van der Waals surface area contributed by atoms with Crippen molar-refractivity contribution >= 4 is 80.3 Å². The molecule has 0 amide bonds. The van der Waals surface area contributed by atoms with Gasteiger partial charge in [-0.15, -0.1) is 22.7 Å². The Bertz CT molecular complexity index is 3780. The Kier molecular flexibility index (Phi) is 4.73. The number of hydrogen-bond acceptors (Lipinski definition) is 6. The van der Waals surface area contributed by atoms with Crippen molar-refractivity contribution in [2.24, 2.45) is 0 Å². The number of nitrogens with zero attached hydrogens (tertiary/aromatic N) is 4. The molecule has 0 spiro atoms. The molecule has 256 valence electrons. The highest BCUT2D eigenvalue weighted by Crippen LogP contribution is 2.54. The smallest absolute Gasteiger partial charge is 0.238 e. The molecule has 0 atom stereocenters. The lowest BCUT2D eigenvalue weighted by Gasteiger charge is -2.27. The van der Waals surface area contributed by atoms with Gasteiger partial charge < -0.3 is 0 Å². The van der Waals surface area contributed by atoms with Crippen LogP contribution in [-0.4, -0.2) is 15.0 Å². The van der Waals surface area contributed by atoms with Gasteiger partial charge in [-0.25, -0.2) is 4.98 Å². The molecule has 1 aliphatic carbocycles. The first kappa shape index (κ1) is 21.5. The molecule has 0 saturated heterocycles. The highest BCUT2D eigenvalue weighted by molar-refractivity contribution is 7.26. The molecule has 10 aromatic rings. The molecule has 6 heteroatoms. The van der Waals surface area contributed by atoms with E-state index in [1.165, 1.54) is 0 Å². The maximum absolute atomic E-state index is 9.68. The first-order valence-corrected chi connectivity index (χ1v) is 18.8. The van der Waals surface area contributed by atoms with Gasteiger partial charge in [0.05, 0.1) is 22.1 Å². The van der Waals surface area contributed by atoms with Crippen LogP contribution in [0.15, 0.2) is 157 Å². The third-order valence-electron chi connectivity index (χ3n) is 10.1. The monoisotopic (exact) mass is 740 g/mol. The van der Waals surface area contributed by atoms with Crippen LogP contribution in [0.4, 0.5) is 17.3 Å². The highest BCUT2D eigenvalue weighted by Gasteiger charge is 2.38. The van der Waals surface area contributed by atoms with Gasteiger partial charge in [0.25, 0.3) is 0 Å². The van der Waals surface area contributed by atoms with Crippen molar-refractivity contribution in [2.75, 3.05) is 4.90 Å². The van der Waals surface area contributed by atoms with E-state index in [1.54, 1.807) is 36.5 Å². The van der Waals surface area contributed by atoms with Gasteiger partial charge in [0.1, 0.15) is 0 Å². The Hall–Kier alpha value is -6.21. The maximum Gasteiger partial charge on any atom is 0.238 e. The van der Waals surface area contributed by atoms with Crippen LogP contribution in [-0.2, 0) is 5.41 Å². The van der Waals surface area contributed by atoms with E-state index in [1.807, 2.05) is 78.9 Å². The van der Waals surface area contributed by atoms with Crippen molar-refractivity contribution in [1.29, 1.82) is 0 Å². The van der Waals surface area contributed by atoms with Crippen LogP contribution in [0.5, 0.6) is 0 Å². The first-order chi connectivity index (χ1) is 31.5. The number of aromatic nitrogens is 3. The standard InChI is InChI=1S/C48H32N4S2/c1-48(2)37-18-9-6-17-35(37)44-38(48)19-12-20-39(44)52(31-13-4-3-5-14-31)47-50-45(29-24-26-42-36(27-29)33-16-8-11-22-41(33)53-42)49-46(51-47)30-23-25-34-32-15-7-10-21-40(32)54-43(34)28-30/h3-28H,1-2H3/i3D,4D,5D,6D,9D,12D,13D,14D,17D,18D,19D,20D. The van der Waals surface area contributed by atoms with Gasteiger partial charge in [-0.05, 0) is 71.2 Å². The van der Waals surface area contributed by atoms with E-state index in [4.69, 9.17) is 23.2 Å². The number of rotatable bonds is 5. The fourth-order valence-electron chi connectivity index (χ4n) is 7.49. The molecule has 0 unspecified atom stereocenters. The van der Waals surface area contributed by atoms with E-state index in [9.17, 15) is 8.22 Å². The lowest BCUT2D eigenvalue weighted by Crippen LogP contribution is -2.17. The summed E-state index contributed by atoms with van der Waals surface area (Å²) in [5, 5.41) is 4.05. The average Bonchev–Trinajstić information content (AvgIpc) is 3.96. The van der Waals surface area contributed by atoms with E-state index in [0.29, 0.717) is 11.1 Å². The number of anilines is 3. The summed E-state index contributed by atoms with van der Waals surface area (Å²) in [6.45, 7) is 3.34. The Balaban J connectivity index is 1.29. The minimum absolute atomic E-state index is 0.0406. The molecule has 0 bridgehead atoms. The van der Waals surface area contributed by atoms with Crippen molar-refractivity contribution in [3.05, 3.63) is 169 Å². The van der Waals surface area contributed by atoms with Gasteiger partial charge in [-0.2, -0.15) is 9.97 Å². The topological polar surface area (TPSA) is 41.9 Å². The summed E-state index contributed by atoms with van der Waals surface area (Å²) in [6, 6.07) is 20.6. The molecule has 4 nitrogen and oxygen atoms in total. The third kappa shape index (κ3) is 4.77. The van der Waals surface area contributed by atoms with Gasteiger partial charge >= 0.3 is 0 Å². The molecule has 0 fully saturated rings. The Morgan fingerprint density at radius 1 is 0.537 bits per heavy atom. The molecule has 0 N–H and O–H groups in total. The van der Waals surface area contributed by atoms with E-state index in [0.717, 1.165) is 45.2 Å². The number of hydrogen-bond donors (Lipinski definition) is 0. The predicted molar refractivity (Wildman–Crippen MR) is 229 cm³/mol. The van der Waals surface area contributed by atoms with Crippen LogP contribution in [0.3, 0.4) is 0 Å². The largest absolute Gasteiger partial charge is 0.278 e. The van der Waals surface area contributed by atoms with Crippen molar-refractivity contribution in [3.8, 4) is 33.9 Å². The van der Waals surface area contributed by atoms with Crippen molar-refractivity contribution in [3.63, 3.8) is 0 Å². The summed E-state index contributed by atoms with van der Waals surface area (Å²) in [6.07, 6.45) is 0. The molecule has 11 rings (SSSR count). The number of para-hydroxylation sites is 1. The van der Waals surface area contributed by atoms with Gasteiger partial charge in [0, 0.05) is 68.1 Å². The summed E-state index contributed by atoms with van der Waals surface area (Å²) >= 11 is 3.22. The normalized spacial score (nSPS) is 16.3. The van der Waals surface area contributed by atoms with Crippen LogP contribution in [0.25, 0.3) is 74.2 Å². The zero-order valence-corrected chi connectivity index (χ0v) is 30.3. The Morgan fingerprint density at radius 3 is 1.94 bits per heavy atom. The molecule has 54 heavy (non-hydrogen) atoms. The van der Waals surface area contributed by atoms with Crippen molar-refractivity contribution < 1.29 is 16.4 Å². The van der Waals surface area contributed by atoms with Crippen LogP contribution in [0, 0.1) is 0 Å². The Labute approximate surface area is 337 Å². The van der Waals surface area contributed by atoms with E-state index >= 15 is 0 Å². The molecule has 3 aromatic heterocycles. The molecule has 0 aliphatic heterocycles. The maximum atomic E-state index is 9.68. The van der Waals surface area contributed by atoms with Gasteiger partial charge in [-0.1, -0.05) is 117 Å². The van der Waals surface area contributed by atoms with Crippen LogP contribution < -0.4 is 4.90 Å². The second-order valence-corrected chi connectivity index (χ2v) is 15.7. The van der Waals surface area contributed by atoms with E-state index in [-0.39, 0.29) is 51.6 Å². The molecular weight excluding hydrogens is 697 g/mol. The van der Waals surface area contributed by atoms with Crippen LogP contribution in [0.1, 0.15) is 41.4 Å². The minimum Gasteiger partial charge on any atom is -0.278 e. The summed E-state index contributed by atoms with van der Waals surface area (Å²) in [4.78, 5) is 16.2. The van der Waals surface area contributed by atoms with E-state index < -0.39 is 77.6 Å². The second-order valence-electron chi connectivity index (χ2n) is 13.6. The third-order valence-corrected chi connectivity index (χ3v) is 12.4.